The zero-order valence-corrected chi connectivity index (χ0v) is 16.0. The van der Waals surface area contributed by atoms with Gasteiger partial charge in [0, 0.05) is 35.5 Å². The highest BCUT2D eigenvalue weighted by Crippen LogP contribution is 2.19. The Balaban J connectivity index is 1.36. The van der Waals surface area contributed by atoms with E-state index >= 15 is 0 Å². The van der Waals surface area contributed by atoms with E-state index in [4.69, 9.17) is 4.74 Å². The van der Waals surface area contributed by atoms with E-state index in [0.29, 0.717) is 18.2 Å². The van der Waals surface area contributed by atoms with Gasteiger partial charge in [0.25, 0.3) is 5.91 Å². The van der Waals surface area contributed by atoms with Crippen LogP contribution in [0, 0.1) is 0 Å². The fraction of sp³-hybridized carbons (Fsp3) is 0.136. The van der Waals surface area contributed by atoms with Gasteiger partial charge in [0.2, 0.25) is 5.95 Å². The molecule has 0 spiro atoms. The fourth-order valence-corrected chi connectivity index (χ4v) is 3.09. The van der Waals surface area contributed by atoms with Crippen molar-refractivity contribution in [1.82, 2.24) is 20.3 Å². The molecule has 3 N–H and O–H groups in total. The predicted molar refractivity (Wildman–Crippen MR) is 113 cm³/mol. The summed E-state index contributed by atoms with van der Waals surface area (Å²) in [7, 11) is 1.62. The lowest BCUT2D eigenvalue weighted by Crippen LogP contribution is -2.26. The molecule has 2 heterocycles. The SMILES string of the molecule is COc1ccc(Nc2nccc(C(=O)NCCc3c[nH]c4ccccc34)n2)cc1. The first kappa shape index (κ1) is 18.5. The summed E-state index contributed by atoms with van der Waals surface area (Å²) in [5.41, 5.74) is 3.39. The topological polar surface area (TPSA) is 91.9 Å². The minimum Gasteiger partial charge on any atom is -0.497 e. The van der Waals surface area contributed by atoms with Crippen LogP contribution in [-0.2, 0) is 6.42 Å². The molecule has 0 aliphatic rings. The van der Waals surface area contributed by atoms with Gasteiger partial charge in [-0.2, -0.15) is 0 Å². The maximum Gasteiger partial charge on any atom is 0.270 e. The van der Waals surface area contributed by atoms with E-state index in [1.807, 2.05) is 48.7 Å². The first-order valence-corrected chi connectivity index (χ1v) is 9.30. The molecule has 29 heavy (non-hydrogen) atoms. The van der Waals surface area contributed by atoms with Gasteiger partial charge in [0.15, 0.2) is 0 Å². The Morgan fingerprint density at radius 3 is 2.76 bits per heavy atom. The van der Waals surface area contributed by atoms with Crippen molar-refractivity contribution >= 4 is 28.4 Å². The van der Waals surface area contributed by atoms with E-state index in [-0.39, 0.29) is 5.91 Å². The number of anilines is 2. The maximum atomic E-state index is 12.5. The second-order valence-corrected chi connectivity index (χ2v) is 6.48. The third kappa shape index (κ3) is 4.35. The number of carbonyl (C=O) groups excluding carboxylic acids is 1. The van der Waals surface area contributed by atoms with Gasteiger partial charge in [-0.15, -0.1) is 0 Å². The van der Waals surface area contributed by atoms with Crippen molar-refractivity contribution in [3.63, 3.8) is 0 Å². The van der Waals surface area contributed by atoms with Gasteiger partial charge < -0.3 is 20.4 Å². The second-order valence-electron chi connectivity index (χ2n) is 6.48. The number of methoxy groups -OCH3 is 1. The van der Waals surface area contributed by atoms with Crippen LogP contribution in [0.4, 0.5) is 11.6 Å². The van der Waals surface area contributed by atoms with E-state index in [2.05, 4.69) is 31.7 Å². The lowest BCUT2D eigenvalue weighted by Gasteiger charge is -2.08. The molecule has 0 aliphatic carbocycles. The van der Waals surface area contributed by atoms with Crippen molar-refractivity contribution in [3.05, 3.63) is 78.2 Å². The van der Waals surface area contributed by atoms with Crippen LogP contribution >= 0.6 is 0 Å². The number of H-pyrrole nitrogens is 1. The molecule has 0 fully saturated rings. The number of aromatic amines is 1. The highest BCUT2D eigenvalue weighted by Gasteiger charge is 2.10. The molecule has 0 bridgehead atoms. The smallest absolute Gasteiger partial charge is 0.270 e. The number of hydrogen-bond donors (Lipinski definition) is 3. The molecule has 7 nitrogen and oxygen atoms in total. The lowest BCUT2D eigenvalue weighted by atomic mass is 10.1. The molecule has 2 aromatic heterocycles. The number of carbonyl (C=O) groups is 1. The molecular weight excluding hydrogens is 366 g/mol. The molecule has 4 aromatic rings. The quantitative estimate of drug-likeness (QED) is 0.450. The average Bonchev–Trinajstić information content (AvgIpc) is 3.18. The molecule has 0 saturated heterocycles. The fourth-order valence-electron chi connectivity index (χ4n) is 3.09. The van der Waals surface area contributed by atoms with E-state index in [1.54, 1.807) is 19.4 Å². The van der Waals surface area contributed by atoms with Crippen molar-refractivity contribution < 1.29 is 9.53 Å². The van der Waals surface area contributed by atoms with E-state index in [9.17, 15) is 4.79 Å². The van der Waals surface area contributed by atoms with Crippen LogP contribution in [0.1, 0.15) is 16.1 Å². The van der Waals surface area contributed by atoms with Crippen molar-refractivity contribution in [3.8, 4) is 5.75 Å². The van der Waals surface area contributed by atoms with E-state index in [0.717, 1.165) is 23.4 Å². The minimum atomic E-state index is -0.231. The molecular formula is C22H21N5O2. The number of amides is 1. The molecule has 0 atom stereocenters. The molecule has 146 valence electrons. The third-order valence-corrected chi connectivity index (χ3v) is 4.59. The van der Waals surface area contributed by atoms with Crippen LogP contribution in [0.2, 0.25) is 0 Å². The lowest BCUT2D eigenvalue weighted by molar-refractivity contribution is 0.0949. The van der Waals surface area contributed by atoms with Gasteiger partial charge in [-0.3, -0.25) is 4.79 Å². The highest BCUT2D eigenvalue weighted by molar-refractivity contribution is 5.92. The molecule has 4 rings (SSSR count). The zero-order chi connectivity index (χ0) is 20.1. The molecule has 1 amide bonds. The Labute approximate surface area is 168 Å². The first-order chi connectivity index (χ1) is 14.2. The largest absolute Gasteiger partial charge is 0.497 e. The Bertz CT molecular complexity index is 1120. The Hall–Kier alpha value is -3.87. The van der Waals surface area contributed by atoms with E-state index < -0.39 is 0 Å². The zero-order valence-electron chi connectivity index (χ0n) is 16.0. The average molecular weight is 387 g/mol. The first-order valence-electron chi connectivity index (χ1n) is 9.30. The van der Waals surface area contributed by atoms with Crippen molar-refractivity contribution in [2.75, 3.05) is 19.0 Å². The van der Waals surface area contributed by atoms with Gasteiger partial charge in [-0.25, -0.2) is 9.97 Å². The number of rotatable bonds is 7. The Morgan fingerprint density at radius 2 is 1.93 bits per heavy atom. The van der Waals surface area contributed by atoms with Crippen LogP contribution in [0.15, 0.2) is 67.0 Å². The normalized spacial score (nSPS) is 10.7. The third-order valence-electron chi connectivity index (χ3n) is 4.59. The molecule has 7 heteroatoms. The summed E-state index contributed by atoms with van der Waals surface area (Å²) in [5, 5.41) is 7.18. The van der Waals surface area contributed by atoms with Crippen molar-refractivity contribution in [1.29, 1.82) is 0 Å². The van der Waals surface area contributed by atoms with Crippen LogP contribution in [0.3, 0.4) is 0 Å². The van der Waals surface area contributed by atoms with Gasteiger partial charge in [0.1, 0.15) is 11.4 Å². The van der Waals surface area contributed by atoms with Gasteiger partial charge in [-0.05, 0) is 48.4 Å². The summed E-state index contributed by atoms with van der Waals surface area (Å²) in [5.74, 6) is 0.893. The summed E-state index contributed by atoms with van der Waals surface area (Å²) in [6, 6.07) is 17.1. The summed E-state index contributed by atoms with van der Waals surface area (Å²) in [6.45, 7) is 0.520. The number of ether oxygens (including phenoxy) is 1. The molecule has 0 unspecified atom stereocenters. The van der Waals surface area contributed by atoms with Crippen LogP contribution in [0.25, 0.3) is 10.9 Å². The van der Waals surface area contributed by atoms with Gasteiger partial charge in [-0.1, -0.05) is 18.2 Å². The van der Waals surface area contributed by atoms with Crippen LogP contribution < -0.4 is 15.4 Å². The highest BCUT2D eigenvalue weighted by atomic mass is 16.5. The van der Waals surface area contributed by atoms with Crippen LogP contribution in [-0.4, -0.2) is 34.5 Å². The molecule has 0 saturated carbocycles. The van der Waals surface area contributed by atoms with Gasteiger partial charge >= 0.3 is 0 Å². The summed E-state index contributed by atoms with van der Waals surface area (Å²) < 4.78 is 5.14. The number of hydrogen-bond acceptors (Lipinski definition) is 5. The number of benzene rings is 2. The summed E-state index contributed by atoms with van der Waals surface area (Å²) in [6.07, 6.45) is 4.28. The molecule has 0 radical (unpaired) electrons. The molecule has 0 aliphatic heterocycles. The van der Waals surface area contributed by atoms with Crippen molar-refractivity contribution in [2.45, 2.75) is 6.42 Å². The Morgan fingerprint density at radius 1 is 1.10 bits per heavy atom. The Kier molecular flexibility index (Phi) is 5.38. The molecule has 2 aromatic carbocycles. The van der Waals surface area contributed by atoms with Crippen LogP contribution in [0.5, 0.6) is 5.75 Å². The van der Waals surface area contributed by atoms with Crippen molar-refractivity contribution in [2.24, 2.45) is 0 Å². The number of para-hydroxylation sites is 1. The minimum absolute atomic E-state index is 0.231. The second kappa shape index (κ2) is 8.43. The number of nitrogens with one attached hydrogen (secondary N) is 3. The maximum absolute atomic E-state index is 12.5. The monoisotopic (exact) mass is 387 g/mol. The summed E-state index contributed by atoms with van der Waals surface area (Å²) >= 11 is 0. The predicted octanol–water partition coefficient (Wildman–Crippen LogP) is 3.68. The summed E-state index contributed by atoms with van der Waals surface area (Å²) in [4.78, 5) is 24.2. The number of fused-ring (bicyclic) bond motifs is 1. The number of aromatic nitrogens is 3. The number of nitrogens with zero attached hydrogens (tertiary/aromatic N) is 2. The van der Waals surface area contributed by atoms with E-state index in [1.165, 1.54) is 10.9 Å². The van der Waals surface area contributed by atoms with Gasteiger partial charge in [0.05, 0.1) is 7.11 Å². The standard InChI is InChI=1S/C22H21N5O2/c1-29-17-8-6-16(7-9-17)26-22-24-13-11-20(27-22)21(28)23-12-10-15-14-25-19-5-3-2-4-18(15)19/h2-9,11,13-14,25H,10,12H2,1H3,(H,23,28)(H,24,26,27).